The number of amides is 1. The second kappa shape index (κ2) is 5.66. The highest BCUT2D eigenvalue weighted by atomic mass is 19.4. The van der Waals surface area contributed by atoms with E-state index < -0.39 is 23.6 Å². The van der Waals surface area contributed by atoms with Crippen LogP contribution in [0.5, 0.6) is 0 Å². The first-order valence-electron chi connectivity index (χ1n) is 6.96. The second-order valence-corrected chi connectivity index (χ2v) is 5.12. The summed E-state index contributed by atoms with van der Waals surface area (Å²) in [4.78, 5) is 25.7. The number of anilines is 1. The van der Waals surface area contributed by atoms with Gasteiger partial charge in [-0.25, -0.2) is 4.79 Å². The lowest BCUT2D eigenvalue weighted by molar-refractivity contribution is -0.137. The number of methoxy groups -OCH3 is 1. The standard InChI is InChI=1S/C15H12F3N3O3/c1-24-14(23)11-8-19-21-7-6-20(13(22)12(11)21)10-4-2-9(3-5-10)15(16,17)18/h2-5,8H,6-7H2,1H3. The molecule has 0 saturated heterocycles. The van der Waals surface area contributed by atoms with Crippen LogP contribution >= 0.6 is 0 Å². The summed E-state index contributed by atoms with van der Waals surface area (Å²) in [6, 6.07) is 4.28. The Morgan fingerprint density at radius 3 is 2.46 bits per heavy atom. The fourth-order valence-electron chi connectivity index (χ4n) is 2.54. The predicted octanol–water partition coefficient (Wildman–Crippen LogP) is 2.35. The molecule has 0 atom stereocenters. The Labute approximate surface area is 134 Å². The van der Waals surface area contributed by atoms with Crippen molar-refractivity contribution in [1.29, 1.82) is 0 Å². The molecule has 24 heavy (non-hydrogen) atoms. The van der Waals surface area contributed by atoms with Crippen LogP contribution in [-0.2, 0) is 17.5 Å². The second-order valence-electron chi connectivity index (χ2n) is 5.12. The quantitative estimate of drug-likeness (QED) is 0.788. The molecule has 1 aromatic carbocycles. The molecule has 0 bridgehead atoms. The molecule has 1 aliphatic rings. The number of carbonyl (C=O) groups excluding carboxylic acids is 2. The zero-order chi connectivity index (χ0) is 17.5. The summed E-state index contributed by atoms with van der Waals surface area (Å²) in [5.74, 6) is -1.21. The molecule has 0 fully saturated rings. The van der Waals surface area contributed by atoms with Gasteiger partial charge in [0.1, 0.15) is 11.3 Å². The summed E-state index contributed by atoms with van der Waals surface area (Å²) in [5.41, 5.74) is -0.389. The van der Waals surface area contributed by atoms with Gasteiger partial charge in [0.15, 0.2) is 0 Å². The van der Waals surface area contributed by atoms with E-state index in [2.05, 4.69) is 9.84 Å². The molecule has 0 aliphatic carbocycles. The molecule has 0 saturated carbocycles. The molecule has 2 aromatic rings. The summed E-state index contributed by atoms with van der Waals surface area (Å²) in [5, 5.41) is 3.97. The van der Waals surface area contributed by atoms with Crippen LogP contribution in [0.3, 0.4) is 0 Å². The van der Waals surface area contributed by atoms with E-state index in [4.69, 9.17) is 0 Å². The summed E-state index contributed by atoms with van der Waals surface area (Å²) in [6.45, 7) is 0.554. The normalized spacial score (nSPS) is 14.5. The Morgan fingerprint density at radius 2 is 1.88 bits per heavy atom. The van der Waals surface area contributed by atoms with Gasteiger partial charge in [-0.1, -0.05) is 0 Å². The summed E-state index contributed by atoms with van der Waals surface area (Å²) >= 11 is 0. The van der Waals surface area contributed by atoms with Crippen molar-refractivity contribution in [2.75, 3.05) is 18.6 Å². The van der Waals surface area contributed by atoms with Crippen LogP contribution < -0.4 is 4.90 Å². The third kappa shape index (κ3) is 2.61. The van der Waals surface area contributed by atoms with Gasteiger partial charge in [0.2, 0.25) is 0 Å². The third-order valence-electron chi connectivity index (χ3n) is 3.73. The molecule has 1 aliphatic heterocycles. The van der Waals surface area contributed by atoms with Gasteiger partial charge in [-0.05, 0) is 24.3 Å². The Balaban J connectivity index is 1.94. The molecule has 6 nitrogen and oxygen atoms in total. The zero-order valence-electron chi connectivity index (χ0n) is 12.5. The zero-order valence-corrected chi connectivity index (χ0v) is 12.5. The minimum absolute atomic E-state index is 0.0270. The van der Waals surface area contributed by atoms with Crippen molar-refractivity contribution in [2.45, 2.75) is 12.7 Å². The number of aromatic nitrogens is 2. The number of halogens is 3. The predicted molar refractivity (Wildman–Crippen MR) is 76.7 cm³/mol. The van der Waals surface area contributed by atoms with Crippen molar-refractivity contribution < 1.29 is 27.5 Å². The number of alkyl halides is 3. The molecule has 9 heteroatoms. The maximum Gasteiger partial charge on any atom is 0.416 e. The van der Waals surface area contributed by atoms with Gasteiger partial charge in [0.25, 0.3) is 5.91 Å². The molecule has 1 aromatic heterocycles. The highest BCUT2D eigenvalue weighted by Gasteiger charge is 2.33. The van der Waals surface area contributed by atoms with Crippen molar-refractivity contribution in [1.82, 2.24) is 9.78 Å². The third-order valence-corrected chi connectivity index (χ3v) is 3.73. The van der Waals surface area contributed by atoms with Crippen LogP contribution in [0.15, 0.2) is 30.5 Å². The number of rotatable bonds is 2. The number of fused-ring (bicyclic) bond motifs is 1. The van der Waals surface area contributed by atoms with Crippen LogP contribution in [-0.4, -0.2) is 35.3 Å². The molecule has 126 valence electrons. The Morgan fingerprint density at radius 1 is 1.21 bits per heavy atom. The van der Waals surface area contributed by atoms with Gasteiger partial charge in [0, 0.05) is 12.2 Å². The van der Waals surface area contributed by atoms with E-state index in [-0.39, 0.29) is 17.8 Å². The van der Waals surface area contributed by atoms with E-state index in [1.165, 1.54) is 35.0 Å². The summed E-state index contributed by atoms with van der Waals surface area (Å²) < 4.78 is 43.9. The number of nitrogens with zero attached hydrogens (tertiary/aromatic N) is 3. The first-order chi connectivity index (χ1) is 11.3. The van der Waals surface area contributed by atoms with Crippen LogP contribution in [0.1, 0.15) is 26.4 Å². The van der Waals surface area contributed by atoms with E-state index in [9.17, 15) is 22.8 Å². The highest BCUT2D eigenvalue weighted by molar-refractivity contribution is 6.11. The maximum absolute atomic E-state index is 12.6. The molecular formula is C15H12F3N3O3. The Hall–Kier alpha value is -2.84. The lowest BCUT2D eigenvalue weighted by Crippen LogP contribution is -2.41. The topological polar surface area (TPSA) is 64.4 Å². The van der Waals surface area contributed by atoms with Crippen molar-refractivity contribution in [2.24, 2.45) is 0 Å². The van der Waals surface area contributed by atoms with Crippen molar-refractivity contribution >= 4 is 17.6 Å². The minimum atomic E-state index is -4.44. The monoisotopic (exact) mass is 339 g/mol. The lowest BCUT2D eigenvalue weighted by atomic mass is 10.1. The van der Waals surface area contributed by atoms with Crippen LogP contribution in [0.25, 0.3) is 0 Å². The van der Waals surface area contributed by atoms with E-state index in [1.807, 2.05) is 0 Å². The van der Waals surface area contributed by atoms with Crippen molar-refractivity contribution in [3.05, 3.63) is 47.3 Å². The largest absolute Gasteiger partial charge is 0.465 e. The van der Waals surface area contributed by atoms with Gasteiger partial charge in [0.05, 0.1) is 25.4 Å². The highest BCUT2D eigenvalue weighted by Crippen LogP contribution is 2.31. The van der Waals surface area contributed by atoms with Gasteiger partial charge >= 0.3 is 12.1 Å². The van der Waals surface area contributed by atoms with Crippen LogP contribution in [0, 0.1) is 0 Å². The van der Waals surface area contributed by atoms with Gasteiger partial charge in [-0.15, -0.1) is 0 Å². The average Bonchev–Trinajstić information content (AvgIpc) is 2.99. The smallest absolute Gasteiger partial charge is 0.416 e. The summed E-state index contributed by atoms with van der Waals surface area (Å²) in [6.07, 6.45) is -3.20. The molecule has 2 heterocycles. The Kier molecular flexibility index (Phi) is 3.78. The average molecular weight is 339 g/mol. The lowest BCUT2D eigenvalue weighted by Gasteiger charge is -2.28. The molecule has 0 N–H and O–H groups in total. The van der Waals surface area contributed by atoms with Crippen molar-refractivity contribution in [3.8, 4) is 0 Å². The number of ether oxygens (including phenoxy) is 1. The number of carbonyl (C=O) groups is 2. The van der Waals surface area contributed by atoms with E-state index in [0.29, 0.717) is 12.2 Å². The van der Waals surface area contributed by atoms with E-state index >= 15 is 0 Å². The minimum Gasteiger partial charge on any atom is -0.465 e. The molecule has 3 rings (SSSR count). The van der Waals surface area contributed by atoms with Crippen LogP contribution in [0.4, 0.5) is 18.9 Å². The van der Waals surface area contributed by atoms with Crippen molar-refractivity contribution in [3.63, 3.8) is 0 Å². The van der Waals surface area contributed by atoms with Gasteiger partial charge in [-0.3, -0.25) is 9.48 Å². The molecule has 0 unspecified atom stereocenters. The molecule has 0 radical (unpaired) electrons. The number of benzene rings is 1. The first-order valence-corrected chi connectivity index (χ1v) is 6.96. The SMILES string of the molecule is COC(=O)c1cnn2c1C(=O)N(c1ccc(C(F)(F)F)cc1)CC2. The van der Waals surface area contributed by atoms with E-state index in [1.54, 1.807) is 0 Å². The summed E-state index contributed by atoms with van der Waals surface area (Å²) in [7, 11) is 1.19. The fourth-order valence-corrected chi connectivity index (χ4v) is 2.54. The molecule has 0 spiro atoms. The number of esters is 1. The maximum atomic E-state index is 12.6. The fraction of sp³-hybridized carbons (Fsp3) is 0.267. The van der Waals surface area contributed by atoms with Gasteiger partial charge in [-0.2, -0.15) is 18.3 Å². The number of hydrogen-bond acceptors (Lipinski definition) is 4. The van der Waals surface area contributed by atoms with Gasteiger partial charge < -0.3 is 9.64 Å². The molecular weight excluding hydrogens is 327 g/mol. The number of hydrogen-bond donors (Lipinski definition) is 0. The first kappa shape index (κ1) is 16.0. The van der Waals surface area contributed by atoms with E-state index in [0.717, 1.165) is 12.1 Å². The molecule has 1 amide bonds. The van der Waals surface area contributed by atoms with Crippen LogP contribution in [0.2, 0.25) is 0 Å². The Bertz CT molecular complexity index is 797.